The summed E-state index contributed by atoms with van der Waals surface area (Å²) in [6.45, 7) is 18.2. The number of amides is 1. The van der Waals surface area contributed by atoms with Gasteiger partial charge in [-0.1, -0.05) is 71.1 Å². The topological polar surface area (TPSA) is 51.2 Å². The Morgan fingerprint density at radius 2 is 1.74 bits per heavy atom. The molecule has 1 aromatic heterocycles. The van der Waals surface area contributed by atoms with Crippen molar-refractivity contribution in [2.75, 3.05) is 11.9 Å². The Hall–Kier alpha value is -2.40. The zero-order valence-corrected chi connectivity index (χ0v) is 22.9. The summed E-state index contributed by atoms with van der Waals surface area (Å²) in [5.41, 5.74) is 6.07. The molecule has 0 radical (unpaired) electrons. The number of fused-ring (bicyclic) bond motifs is 1. The predicted molar refractivity (Wildman–Crippen MR) is 146 cm³/mol. The Morgan fingerprint density at radius 1 is 1.03 bits per heavy atom. The number of nitrogens with one attached hydrogen (secondary N) is 1. The minimum atomic E-state index is -0.0221. The van der Waals surface area contributed by atoms with E-state index in [9.17, 15) is 4.79 Å². The van der Waals surface area contributed by atoms with Crippen LogP contribution in [0, 0.1) is 13.8 Å². The third-order valence-electron chi connectivity index (χ3n) is 7.14. The van der Waals surface area contributed by atoms with E-state index in [2.05, 4.69) is 96.0 Å². The van der Waals surface area contributed by atoms with E-state index in [0.717, 1.165) is 34.4 Å². The summed E-state index contributed by atoms with van der Waals surface area (Å²) >= 11 is 1.53. The van der Waals surface area contributed by atoms with E-state index >= 15 is 0 Å². The molecule has 184 valence electrons. The van der Waals surface area contributed by atoms with Gasteiger partial charge in [0.2, 0.25) is 5.91 Å². The average Bonchev–Trinajstić information content (AvgIpc) is 3.19. The molecule has 1 heterocycles. The van der Waals surface area contributed by atoms with E-state index in [1.165, 1.54) is 28.0 Å². The first-order chi connectivity index (χ1) is 16.0. The van der Waals surface area contributed by atoms with Gasteiger partial charge in [-0.2, -0.15) is 0 Å². The van der Waals surface area contributed by atoms with Crippen LogP contribution in [0.2, 0.25) is 0 Å². The van der Waals surface area contributed by atoms with Crippen LogP contribution in [0.4, 0.5) is 5.13 Å². The number of thiazole rings is 1. The molecular formula is C29H40N2O2S. The summed E-state index contributed by atoms with van der Waals surface area (Å²) in [4.78, 5) is 17.1. The van der Waals surface area contributed by atoms with E-state index in [1.54, 1.807) is 0 Å². The minimum absolute atomic E-state index is 0.0221. The van der Waals surface area contributed by atoms with Crippen LogP contribution in [0.25, 0.3) is 10.2 Å². The van der Waals surface area contributed by atoms with E-state index in [4.69, 9.17) is 4.74 Å². The van der Waals surface area contributed by atoms with Crippen LogP contribution in [-0.4, -0.2) is 17.5 Å². The number of carbonyl (C=O) groups is 1. The number of aromatic nitrogens is 1. The van der Waals surface area contributed by atoms with Crippen molar-refractivity contribution >= 4 is 32.6 Å². The summed E-state index contributed by atoms with van der Waals surface area (Å²) < 4.78 is 7.32. The van der Waals surface area contributed by atoms with Crippen molar-refractivity contribution in [3.8, 4) is 5.75 Å². The molecule has 0 aliphatic heterocycles. The molecule has 1 N–H and O–H groups in total. The molecule has 4 nitrogen and oxygen atoms in total. The standard InChI is InChI=1S/C29H40N2O2S/c1-9-28(5,6)21-13-14-23(22(18-21)29(7,8)10-2)33-15-11-12-25(32)30-27-31-26-20(4)16-19(3)17-24(26)34-27/h13-14,16-18H,9-12,15H2,1-8H3,(H,30,31,32). The lowest BCUT2D eigenvalue weighted by atomic mass is 9.76. The number of carbonyl (C=O) groups excluding carboxylic acids is 1. The van der Waals surface area contributed by atoms with Gasteiger partial charge in [-0.25, -0.2) is 4.98 Å². The van der Waals surface area contributed by atoms with Crippen molar-refractivity contribution in [3.63, 3.8) is 0 Å². The lowest BCUT2D eigenvalue weighted by Gasteiger charge is -2.30. The second-order valence-electron chi connectivity index (χ2n) is 10.6. The normalized spacial score (nSPS) is 12.2. The van der Waals surface area contributed by atoms with Gasteiger partial charge >= 0.3 is 0 Å². The molecule has 0 unspecified atom stereocenters. The maximum atomic E-state index is 12.5. The summed E-state index contributed by atoms with van der Waals surface area (Å²) in [5.74, 6) is 0.908. The first-order valence-corrected chi connectivity index (χ1v) is 13.2. The van der Waals surface area contributed by atoms with Gasteiger partial charge in [0.05, 0.1) is 16.8 Å². The minimum Gasteiger partial charge on any atom is -0.493 e. The quantitative estimate of drug-likeness (QED) is 0.298. The molecule has 2 aromatic carbocycles. The highest BCUT2D eigenvalue weighted by atomic mass is 32.1. The van der Waals surface area contributed by atoms with Crippen molar-refractivity contribution in [1.82, 2.24) is 4.98 Å². The number of aryl methyl sites for hydroxylation is 2. The SMILES string of the molecule is CCC(C)(C)c1ccc(OCCCC(=O)Nc2nc3c(C)cc(C)cc3s2)c(C(C)(C)CC)c1. The summed E-state index contributed by atoms with van der Waals surface area (Å²) in [7, 11) is 0. The average molecular weight is 481 g/mol. The first-order valence-electron chi connectivity index (χ1n) is 12.4. The van der Waals surface area contributed by atoms with Gasteiger partial charge < -0.3 is 10.1 Å². The van der Waals surface area contributed by atoms with E-state index in [-0.39, 0.29) is 16.7 Å². The lowest BCUT2D eigenvalue weighted by Crippen LogP contribution is -2.21. The summed E-state index contributed by atoms with van der Waals surface area (Å²) in [6.07, 6.45) is 3.18. The number of ether oxygens (including phenoxy) is 1. The number of benzene rings is 2. The van der Waals surface area contributed by atoms with Crippen LogP contribution in [0.1, 0.15) is 89.5 Å². The molecule has 0 aliphatic carbocycles. The third kappa shape index (κ3) is 5.99. The third-order valence-corrected chi connectivity index (χ3v) is 8.06. The Labute approximate surface area is 209 Å². The van der Waals surface area contributed by atoms with Crippen molar-refractivity contribution in [2.45, 2.75) is 91.9 Å². The van der Waals surface area contributed by atoms with Crippen molar-refractivity contribution in [3.05, 3.63) is 52.6 Å². The highest BCUT2D eigenvalue weighted by Crippen LogP contribution is 2.38. The number of nitrogens with zero attached hydrogens (tertiary/aromatic N) is 1. The van der Waals surface area contributed by atoms with Crippen LogP contribution in [-0.2, 0) is 15.6 Å². The van der Waals surface area contributed by atoms with E-state index in [0.29, 0.717) is 24.6 Å². The zero-order chi connectivity index (χ0) is 25.1. The molecule has 0 aliphatic rings. The van der Waals surface area contributed by atoms with Gasteiger partial charge in [-0.15, -0.1) is 0 Å². The molecule has 0 atom stereocenters. The molecular weight excluding hydrogens is 440 g/mol. The van der Waals surface area contributed by atoms with Gasteiger partial charge in [-0.05, 0) is 72.8 Å². The lowest BCUT2D eigenvalue weighted by molar-refractivity contribution is -0.116. The highest BCUT2D eigenvalue weighted by Gasteiger charge is 2.26. The van der Waals surface area contributed by atoms with Gasteiger partial charge in [-0.3, -0.25) is 4.79 Å². The van der Waals surface area contributed by atoms with Crippen LogP contribution in [0.15, 0.2) is 30.3 Å². The maximum absolute atomic E-state index is 12.5. The zero-order valence-electron chi connectivity index (χ0n) is 22.1. The van der Waals surface area contributed by atoms with Crippen LogP contribution >= 0.6 is 11.3 Å². The smallest absolute Gasteiger partial charge is 0.226 e. The number of rotatable bonds is 10. The molecule has 0 fully saturated rings. The van der Waals surface area contributed by atoms with Crippen LogP contribution in [0.5, 0.6) is 5.75 Å². The van der Waals surface area contributed by atoms with Crippen molar-refractivity contribution in [1.29, 1.82) is 0 Å². The highest BCUT2D eigenvalue weighted by molar-refractivity contribution is 7.22. The van der Waals surface area contributed by atoms with Crippen LogP contribution < -0.4 is 10.1 Å². The molecule has 5 heteroatoms. The Kier molecular flexibility index (Phi) is 8.07. The Morgan fingerprint density at radius 3 is 2.41 bits per heavy atom. The predicted octanol–water partition coefficient (Wildman–Crippen LogP) is 8.09. The molecule has 3 rings (SSSR count). The van der Waals surface area contributed by atoms with Crippen molar-refractivity contribution in [2.24, 2.45) is 0 Å². The fourth-order valence-corrected chi connectivity index (χ4v) is 5.08. The second-order valence-corrected chi connectivity index (χ2v) is 11.7. The van der Waals surface area contributed by atoms with Gasteiger partial charge in [0, 0.05) is 12.0 Å². The molecule has 0 saturated heterocycles. The van der Waals surface area contributed by atoms with E-state index in [1.807, 2.05) is 0 Å². The van der Waals surface area contributed by atoms with Crippen LogP contribution in [0.3, 0.4) is 0 Å². The molecule has 0 saturated carbocycles. The number of hydrogen-bond acceptors (Lipinski definition) is 4. The maximum Gasteiger partial charge on any atom is 0.226 e. The molecule has 3 aromatic rings. The number of hydrogen-bond donors (Lipinski definition) is 1. The molecule has 0 bridgehead atoms. The molecule has 1 amide bonds. The first kappa shape index (κ1) is 26.2. The Bertz CT molecular complexity index is 1160. The number of anilines is 1. The molecule has 0 spiro atoms. The summed E-state index contributed by atoms with van der Waals surface area (Å²) in [5, 5.41) is 3.63. The van der Waals surface area contributed by atoms with Gasteiger partial charge in [0.1, 0.15) is 5.75 Å². The summed E-state index contributed by atoms with van der Waals surface area (Å²) in [6, 6.07) is 10.9. The van der Waals surface area contributed by atoms with Crippen molar-refractivity contribution < 1.29 is 9.53 Å². The van der Waals surface area contributed by atoms with E-state index < -0.39 is 0 Å². The largest absolute Gasteiger partial charge is 0.493 e. The van der Waals surface area contributed by atoms with Gasteiger partial charge in [0.25, 0.3) is 0 Å². The fraction of sp³-hybridized carbons (Fsp3) is 0.517. The monoisotopic (exact) mass is 480 g/mol. The molecule has 34 heavy (non-hydrogen) atoms. The Balaban J connectivity index is 1.61. The van der Waals surface area contributed by atoms with Gasteiger partial charge in [0.15, 0.2) is 5.13 Å². The fourth-order valence-electron chi connectivity index (χ4n) is 4.02. The second kappa shape index (κ2) is 10.5.